The minimum absolute atomic E-state index is 0.103. The molecule has 0 fully saturated rings. The van der Waals surface area contributed by atoms with Crippen LogP contribution < -0.4 is 14.8 Å². The van der Waals surface area contributed by atoms with Crippen molar-refractivity contribution in [3.8, 4) is 11.5 Å². The Morgan fingerprint density at radius 3 is 2.81 bits per heavy atom. The highest BCUT2D eigenvalue weighted by Crippen LogP contribution is 2.34. The van der Waals surface area contributed by atoms with Crippen LogP contribution in [0.5, 0.6) is 11.5 Å². The monoisotopic (exact) mass is 307 g/mol. The fraction of sp³-hybridized carbons (Fsp3) is 0.250. The second kappa shape index (κ2) is 6.22. The molecule has 1 aliphatic heterocycles. The number of fused-ring (bicyclic) bond motifs is 1. The number of anilines is 1. The lowest BCUT2D eigenvalue weighted by molar-refractivity contribution is 0.296. The second-order valence-electron chi connectivity index (χ2n) is 4.75. The number of ether oxygens (including phenoxy) is 2. The highest BCUT2D eigenvalue weighted by atomic mass is 35.5. The molecular formula is C16H15ClFNO2. The Kier molecular flexibility index (Phi) is 4.15. The second-order valence-corrected chi connectivity index (χ2v) is 5.16. The third kappa shape index (κ3) is 3.05. The molecule has 2 aromatic rings. The number of hydrogen-bond donors (Lipinski definition) is 1. The molecular weight excluding hydrogens is 293 g/mol. The van der Waals surface area contributed by atoms with E-state index in [-0.39, 0.29) is 5.02 Å². The molecule has 0 bridgehead atoms. The van der Waals surface area contributed by atoms with E-state index >= 15 is 0 Å². The fourth-order valence-electron chi connectivity index (χ4n) is 2.22. The Labute approximate surface area is 127 Å². The van der Waals surface area contributed by atoms with Gasteiger partial charge in [0.1, 0.15) is 0 Å². The van der Waals surface area contributed by atoms with Gasteiger partial charge in [0, 0.05) is 18.5 Å². The van der Waals surface area contributed by atoms with Gasteiger partial charge in [-0.1, -0.05) is 29.8 Å². The number of benzene rings is 2. The van der Waals surface area contributed by atoms with Crippen LogP contribution in [0.1, 0.15) is 12.0 Å². The van der Waals surface area contributed by atoms with Crippen molar-refractivity contribution in [1.82, 2.24) is 0 Å². The highest BCUT2D eigenvalue weighted by Gasteiger charge is 2.14. The van der Waals surface area contributed by atoms with Crippen LogP contribution in [-0.2, 0) is 6.54 Å². The summed E-state index contributed by atoms with van der Waals surface area (Å²) in [5, 5.41) is 3.15. The smallest absolute Gasteiger partial charge is 0.166 e. The average molecular weight is 308 g/mol. The van der Waals surface area contributed by atoms with Crippen LogP contribution in [0.3, 0.4) is 0 Å². The maximum Gasteiger partial charge on any atom is 0.166 e. The maximum atomic E-state index is 13.9. The number of para-hydroxylation sites is 1. The lowest BCUT2D eigenvalue weighted by atomic mass is 10.1. The normalized spacial score (nSPS) is 13.6. The number of hydrogen-bond acceptors (Lipinski definition) is 3. The van der Waals surface area contributed by atoms with Crippen LogP contribution >= 0.6 is 11.6 Å². The van der Waals surface area contributed by atoms with Crippen LogP contribution in [0.25, 0.3) is 0 Å². The van der Waals surface area contributed by atoms with Gasteiger partial charge in [0.15, 0.2) is 17.3 Å². The summed E-state index contributed by atoms with van der Waals surface area (Å²) in [6, 6.07) is 10.6. The summed E-state index contributed by atoms with van der Waals surface area (Å²) in [5.41, 5.74) is 1.29. The standard InChI is InChI=1S/C16H15ClFNO2/c17-12-5-2-6-13(15(12)18)19-10-11-4-1-7-14-16(11)21-9-3-8-20-14/h1-2,4-7,19H,3,8-10H2. The molecule has 0 unspecified atom stereocenters. The molecule has 0 amide bonds. The first-order valence-electron chi connectivity index (χ1n) is 6.81. The Morgan fingerprint density at radius 2 is 1.90 bits per heavy atom. The molecule has 0 spiro atoms. The summed E-state index contributed by atoms with van der Waals surface area (Å²) in [7, 11) is 0. The van der Waals surface area contributed by atoms with E-state index in [1.165, 1.54) is 6.07 Å². The summed E-state index contributed by atoms with van der Waals surface area (Å²) >= 11 is 5.77. The van der Waals surface area contributed by atoms with E-state index in [4.69, 9.17) is 21.1 Å². The van der Waals surface area contributed by atoms with E-state index in [1.54, 1.807) is 12.1 Å². The van der Waals surface area contributed by atoms with Gasteiger partial charge in [-0.15, -0.1) is 0 Å². The van der Waals surface area contributed by atoms with Gasteiger partial charge < -0.3 is 14.8 Å². The van der Waals surface area contributed by atoms with Gasteiger partial charge in [-0.05, 0) is 18.2 Å². The summed E-state index contributed by atoms with van der Waals surface area (Å²) < 4.78 is 25.2. The third-order valence-electron chi connectivity index (χ3n) is 3.27. The van der Waals surface area contributed by atoms with Crippen molar-refractivity contribution in [2.75, 3.05) is 18.5 Å². The predicted molar refractivity (Wildman–Crippen MR) is 80.8 cm³/mol. The zero-order valence-electron chi connectivity index (χ0n) is 11.4. The van der Waals surface area contributed by atoms with Gasteiger partial charge in [-0.2, -0.15) is 0 Å². The molecule has 0 radical (unpaired) electrons. The maximum absolute atomic E-state index is 13.9. The van der Waals surface area contributed by atoms with E-state index < -0.39 is 5.82 Å². The molecule has 0 aliphatic carbocycles. The average Bonchev–Trinajstić information content (AvgIpc) is 2.74. The molecule has 21 heavy (non-hydrogen) atoms. The number of rotatable bonds is 3. The first-order chi connectivity index (χ1) is 10.3. The number of halogens is 2. The fourth-order valence-corrected chi connectivity index (χ4v) is 2.40. The molecule has 1 N–H and O–H groups in total. The van der Waals surface area contributed by atoms with Gasteiger partial charge in [-0.3, -0.25) is 0 Å². The van der Waals surface area contributed by atoms with Crippen molar-refractivity contribution in [2.24, 2.45) is 0 Å². The SMILES string of the molecule is Fc1c(Cl)cccc1NCc1cccc2c1OCCCO2. The first-order valence-corrected chi connectivity index (χ1v) is 7.19. The largest absolute Gasteiger partial charge is 0.490 e. The summed E-state index contributed by atoms with van der Waals surface area (Å²) in [6.45, 7) is 1.70. The van der Waals surface area contributed by atoms with Gasteiger partial charge >= 0.3 is 0 Å². The minimum atomic E-state index is -0.446. The third-order valence-corrected chi connectivity index (χ3v) is 3.57. The molecule has 1 aliphatic rings. The molecule has 3 rings (SSSR count). The zero-order valence-corrected chi connectivity index (χ0v) is 12.1. The summed E-state index contributed by atoms with van der Waals surface area (Å²) in [4.78, 5) is 0. The highest BCUT2D eigenvalue weighted by molar-refractivity contribution is 6.31. The van der Waals surface area contributed by atoms with Crippen LogP contribution in [0.15, 0.2) is 36.4 Å². The molecule has 0 saturated heterocycles. The molecule has 0 atom stereocenters. The minimum Gasteiger partial charge on any atom is -0.490 e. The van der Waals surface area contributed by atoms with E-state index in [0.717, 1.165) is 23.5 Å². The molecule has 0 aromatic heterocycles. The van der Waals surface area contributed by atoms with Gasteiger partial charge in [0.25, 0.3) is 0 Å². The van der Waals surface area contributed by atoms with Crippen molar-refractivity contribution < 1.29 is 13.9 Å². The van der Waals surface area contributed by atoms with E-state index in [2.05, 4.69) is 5.32 Å². The Balaban J connectivity index is 1.81. The van der Waals surface area contributed by atoms with Crippen LogP contribution in [0.4, 0.5) is 10.1 Å². The zero-order chi connectivity index (χ0) is 14.7. The van der Waals surface area contributed by atoms with Crippen molar-refractivity contribution >= 4 is 17.3 Å². The van der Waals surface area contributed by atoms with Crippen molar-refractivity contribution in [2.45, 2.75) is 13.0 Å². The summed E-state index contributed by atoms with van der Waals surface area (Å²) in [6.07, 6.45) is 0.852. The van der Waals surface area contributed by atoms with Crippen molar-refractivity contribution in [3.63, 3.8) is 0 Å². The Hall–Kier alpha value is -1.94. The van der Waals surface area contributed by atoms with Crippen molar-refractivity contribution in [3.05, 3.63) is 52.8 Å². The van der Waals surface area contributed by atoms with Gasteiger partial charge in [0.2, 0.25) is 0 Å². The predicted octanol–water partition coefficient (Wildman–Crippen LogP) is 4.25. The van der Waals surface area contributed by atoms with Gasteiger partial charge in [0.05, 0.1) is 23.9 Å². The molecule has 0 saturated carbocycles. The first kappa shape index (κ1) is 14.0. The number of nitrogens with one attached hydrogen (secondary N) is 1. The Bertz CT molecular complexity index is 648. The molecule has 2 aromatic carbocycles. The van der Waals surface area contributed by atoms with Gasteiger partial charge in [-0.25, -0.2) is 4.39 Å². The quantitative estimate of drug-likeness (QED) is 0.919. The topological polar surface area (TPSA) is 30.5 Å². The molecule has 110 valence electrons. The molecule has 1 heterocycles. The van der Waals surface area contributed by atoms with Crippen LogP contribution in [0.2, 0.25) is 5.02 Å². The summed E-state index contributed by atoms with van der Waals surface area (Å²) in [5.74, 6) is 1.02. The van der Waals surface area contributed by atoms with Crippen molar-refractivity contribution in [1.29, 1.82) is 0 Å². The van der Waals surface area contributed by atoms with Crippen LogP contribution in [0, 0.1) is 5.82 Å². The van der Waals surface area contributed by atoms with E-state index in [9.17, 15) is 4.39 Å². The van der Waals surface area contributed by atoms with E-state index in [0.29, 0.717) is 25.4 Å². The molecule has 3 nitrogen and oxygen atoms in total. The Morgan fingerprint density at radius 1 is 1.10 bits per heavy atom. The van der Waals surface area contributed by atoms with E-state index in [1.807, 2.05) is 18.2 Å². The van der Waals surface area contributed by atoms with Crippen LogP contribution in [-0.4, -0.2) is 13.2 Å². The lowest BCUT2D eigenvalue weighted by Crippen LogP contribution is -2.05. The molecule has 5 heteroatoms. The lowest BCUT2D eigenvalue weighted by Gasteiger charge is -2.14.